The molecule has 0 aliphatic rings. The van der Waals surface area contributed by atoms with E-state index in [2.05, 4.69) is 4.72 Å². The van der Waals surface area contributed by atoms with Crippen LogP contribution in [0, 0.1) is 11.3 Å². The number of aromatic nitrogens is 1. The minimum absolute atomic E-state index is 0.135. The number of nitrogens with zero attached hydrogens (tertiary/aromatic N) is 2. The average Bonchev–Trinajstić information content (AvgIpc) is 2.86. The maximum atomic E-state index is 13.5. The molecule has 0 bridgehead atoms. The van der Waals surface area contributed by atoms with Gasteiger partial charge in [-0.05, 0) is 38.1 Å². The van der Waals surface area contributed by atoms with Crippen LogP contribution in [0.5, 0.6) is 0 Å². The molecule has 25 heavy (non-hydrogen) atoms. The summed E-state index contributed by atoms with van der Waals surface area (Å²) in [5.41, 5.74) is -0.861. The molecule has 0 saturated heterocycles. The topological polar surface area (TPSA) is 74.9 Å². The first-order valence-corrected chi connectivity index (χ1v) is 8.81. The summed E-state index contributed by atoms with van der Waals surface area (Å²) in [4.78, 5) is 0. The molecule has 2 rings (SSSR count). The normalized spacial score (nSPS) is 12.2. The molecule has 1 aromatic heterocycles. The number of alkyl halides is 3. The molecule has 1 aromatic carbocycles. The molecule has 0 atom stereocenters. The molecular formula is C16H16F3N3O2S. The van der Waals surface area contributed by atoms with Crippen LogP contribution in [-0.2, 0) is 23.2 Å². The Hall–Kier alpha value is -2.47. The highest BCUT2D eigenvalue weighted by atomic mass is 32.2. The van der Waals surface area contributed by atoms with E-state index >= 15 is 0 Å². The second kappa shape index (κ2) is 6.44. The van der Waals surface area contributed by atoms with E-state index in [-0.39, 0.29) is 22.6 Å². The van der Waals surface area contributed by atoms with Gasteiger partial charge in [0.15, 0.2) is 0 Å². The Bertz CT molecular complexity index is 939. The lowest BCUT2D eigenvalue weighted by molar-refractivity contribution is -0.137. The summed E-state index contributed by atoms with van der Waals surface area (Å²) in [6.45, 7) is 2.85. The standard InChI is InChI=1S/C16H16F3N3O2S/c1-10(2)25(23,24)21-11-4-6-13(14(8-11)16(17,18)19)15-7-5-12(9-20)22(15)3/h4-8,10,21H,1-3H3. The van der Waals surface area contributed by atoms with Crippen molar-refractivity contribution in [1.82, 2.24) is 4.57 Å². The molecule has 0 unspecified atom stereocenters. The highest BCUT2D eigenvalue weighted by Gasteiger charge is 2.35. The Labute approximate surface area is 143 Å². The fourth-order valence-electron chi connectivity index (χ4n) is 2.24. The van der Waals surface area contributed by atoms with E-state index in [0.717, 1.165) is 6.07 Å². The Morgan fingerprint density at radius 2 is 1.84 bits per heavy atom. The van der Waals surface area contributed by atoms with Crippen LogP contribution in [0.25, 0.3) is 11.3 Å². The Kier molecular flexibility index (Phi) is 4.86. The monoisotopic (exact) mass is 371 g/mol. The lowest BCUT2D eigenvalue weighted by Gasteiger charge is -2.17. The molecule has 134 valence electrons. The highest BCUT2D eigenvalue weighted by Crippen LogP contribution is 2.39. The van der Waals surface area contributed by atoms with Crippen LogP contribution >= 0.6 is 0 Å². The van der Waals surface area contributed by atoms with Crippen LogP contribution < -0.4 is 4.72 Å². The third-order valence-electron chi connectivity index (χ3n) is 3.72. The van der Waals surface area contributed by atoms with E-state index in [4.69, 9.17) is 5.26 Å². The van der Waals surface area contributed by atoms with Crippen molar-refractivity contribution in [3.8, 4) is 17.3 Å². The van der Waals surface area contributed by atoms with Crippen LogP contribution in [-0.4, -0.2) is 18.2 Å². The van der Waals surface area contributed by atoms with Crippen molar-refractivity contribution >= 4 is 15.7 Å². The number of anilines is 1. The number of rotatable bonds is 4. The summed E-state index contributed by atoms with van der Waals surface area (Å²) < 4.78 is 67.7. The van der Waals surface area contributed by atoms with Crippen molar-refractivity contribution in [1.29, 1.82) is 5.26 Å². The summed E-state index contributed by atoms with van der Waals surface area (Å²) in [6, 6.07) is 7.95. The maximum Gasteiger partial charge on any atom is 0.417 e. The highest BCUT2D eigenvalue weighted by molar-refractivity contribution is 7.93. The summed E-state index contributed by atoms with van der Waals surface area (Å²) in [6.07, 6.45) is -4.69. The van der Waals surface area contributed by atoms with Crippen LogP contribution in [0.3, 0.4) is 0 Å². The van der Waals surface area contributed by atoms with E-state index < -0.39 is 27.0 Å². The molecule has 0 amide bonds. The largest absolute Gasteiger partial charge is 0.417 e. The van der Waals surface area contributed by atoms with Crippen LogP contribution in [0.4, 0.5) is 18.9 Å². The second-order valence-electron chi connectivity index (χ2n) is 5.73. The smallest absolute Gasteiger partial charge is 0.335 e. The average molecular weight is 371 g/mol. The minimum atomic E-state index is -4.69. The second-order valence-corrected chi connectivity index (χ2v) is 7.97. The fourth-order valence-corrected chi connectivity index (χ4v) is 2.93. The Morgan fingerprint density at radius 3 is 2.32 bits per heavy atom. The summed E-state index contributed by atoms with van der Waals surface area (Å²) >= 11 is 0. The Morgan fingerprint density at radius 1 is 1.20 bits per heavy atom. The van der Waals surface area contributed by atoms with Gasteiger partial charge in [-0.15, -0.1) is 0 Å². The molecule has 5 nitrogen and oxygen atoms in total. The summed E-state index contributed by atoms with van der Waals surface area (Å²) in [7, 11) is -2.28. The zero-order valence-corrected chi connectivity index (χ0v) is 14.5. The van der Waals surface area contributed by atoms with E-state index in [9.17, 15) is 21.6 Å². The molecule has 2 aromatic rings. The first-order chi connectivity index (χ1) is 11.5. The lowest BCUT2D eigenvalue weighted by atomic mass is 10.0. The molecule has 1 heterocycles. The van der Waals surface area contributed by atoms with Gasteiger partial charge in [0.1, 0.15) is 11.8 Å². The molecule has 0 spiro atoms. The number of nitrogens with one attached hydrogen (secondary N) is 1. The van der Waals surface area contributed by atoms with Crippen molar-refractivity contribution in [2.75, 3.05) is 4.72 Å². The van der Waals surface area contributed by atoms with Gasteiger partial charge >= 0.3 is 6.18 Å². The van der Waals surface area contributed by atoms with E-state index in [1.807, 2.05) is 6.07 Å². The minimum Gasteiger partial charge on any atom is -0.335 e. The predicted molar refractivity (Wildman–Crippen MR) is 88.2 cm³/mol. The maximum absolute atomic E-state index is 13.5. The van der Waals surface area contributed by atoms with Gasteiger partial charge in [0.05, 0.1) is 10.8 Å². The third-order valence-corrected chi connectivity index (χ3v) is 5.48. The Balaban J connectivity index is 2.60. The first kappa shape index (κ1) is 18.9. The van der Waals surface area contributed by atoms with Crippen molar-refractivity contribution in [2.45, 2.75) is 25.3 Å². The molecular weight excluding hydrogens is 355 g/mol. The number of nitriles is 1. The summed E-state index contributed by atoms with van der Waals surface area (Å²) in [5, 5.41) is 8.18. The van der Waals surface area contributed by atoms with Crippen LogP contribution in [0.15, 0.2) is 30.3 Å². The van der Waals surface area contributed by atoms with Gasteiger partial charge in [-0.3, -0.25) is 4.72 Å². The molecule has 0 radical (unpaired) electrons. The number of hydrogen-bond donors (Lipinski definition) is 1. The van der Waals surface area contributed by atoms with Crippen LogP contribution in [0.2, 0.25) is 0 Å². The van der Waals surface area contributed by atoms with Crippen molar-refractivity contribution in [3.05, 3.63) is 41.6 Å². The lowest BCUT2D eigenvalue weighted by Crippen LogP contribution is -2.22. The van der Waals surface area contributed by atoms with Gasteiger partial charge in [0.25, 0.3) is 0 Å². The van der Waals surface area contributed by atoms with Gasteiger partial charge in [-0.25, -0.2) is 8.42 Å². The molecule has 1 N–H and O–H groups in total. The van der Waals surface area contributed by atoms with Gasteiger partial charge in [-0.1, -0.05) is 6.07 Å². The molecule has 0 aliphatic carbocycles. The zero-order valence-electron chi connectivity index (χ0n) is 13.7. The molecule has 0 saturated carbocycles. The number of benzene rings is 1. The molecule has 0 aliphatic heterocycles. The van der Waals surface area contributed by atoms with Crippen LogP contribution in [0.1, 0.15) is 25.1 Å². The van der Waals surface area contributed by atoms with Crippen molar-refractivity contribution < 1.29 is 21.6 Å². The molecule has 0 fully saturated rings. The van der Waals surface area contributed by atoms with E-state index in [1.54, 1.807) is 0 Å². The van der Waals surface area contributed by atoms with Gasteiger partial charge in [-0.2, -0.15) is 18.4 Å². The third kappa shape index (κ3) is 3.79. The number of hydrogen-bond acceptors (Lipinski definition) is 3. The fraction of sp³-hybridized carbons (Fsp3) is 0.312. The van der Waals surface area contributed by atoms with Crippen molar-refractivity contribution in [3.63, 3.8) is 0 Å². The van der Waals surface area contributed by atoms with E-state index in [1.165, 1.54) is 49.7 Å². The first-order valence-electron chi connectivity index (χ1n) is 7.26. The van der Waals surface area contributed by atoms with E-state index in [0.29, 0.717) is 0 Å². The summed E-state index contributed by atoms with van der Waals surface area (Å²) in [5.74, 6) is 0. The molecule has 9 heteroatoms. The zero-order chi connectivity index (χ0) is 19.0. The number of halogens is 3. The SMILES string of the molecule is CC(C)S(=O)(=O)Nc1ccc(-c2ccc(C#N)n2C)c(C(F)(F)F)c1. The quantitative estimate of drug-likeness (QED) is 0.890. The van der Waals surface area contributed by atoms with Gasteiger partial charge in [0.2, 0.25) is 10.0 Å². The van der Waals surface area contributed by atoms with Gasteiger partial charge in [0, 0.05) is 24.0 Å². The number of sulfonamides is 1. The van der Waals surface area contributed by atoms with Crippen molar-refractivity contribution in [2.24, 2.45) is 7.05 Å². The van der Waals surface area contributed by atoms with Gasteiger partial charge < -0.3 is 4.57 Å². The predicted octanol–water partition coefficient (Wildman–Crippen LogP) is 3.73.